The molecule has 0 radical (unpaired) electrons. The van der Waals surface area contributed by atoms with Crippen LogP contribution < -0.4 is 0 Å². The highest BCUT2D eigenvalue weighted by Gasteiger charge is 2.23. The van der Waals surface area contributed by atoms with Gasteiger partial charge in [-0.15, -0.1) is 0 Å². The molecular formula is C14H20N2O7. The third-order valence-corrected chi connectivity index (χ3v) is 3.36. The Balaban J connectivity index is 0.000000422. The summed E-state index contributed by atoms with van der Waals surface area (Å²) in [4.78, 5) is 49.9. The standard InChI is InChI=1S/C7H11NO4.C7H9NO3/c9-5-1-3-7(8(11)12)4-2-6-10;9-5-6-2-1-3-7(4-6)8(10)11/h5-7H,1-4H2;2,5,7H,1,3-4H2. The minimum Gasteiger partial charge on any atom is -0.303 e. The average molecular weight is 328 g/mol. The van der Waals surface area contributed by atoms with Crippen LogP contribution in [0, 0.1) is 20.2 Å². The fourth-order valence-corrected chi connectivity index (χ4v) is 2.07. The summed E-state index contributed by atoms with van der Waals surface area (Å²) in [6.07, 6.45) is 6.11. The van der Waals surface area contributed by atoms with Crippen molar-refractivity contribution >= 4 is 18.9 Å². The van der Waals surface area contributed by atoms with Crippen molar-refractivity contribution in [1.82, 2.24) is 0 Å². The minimum atomic E-state index is -0.750. The molecule has 1 aliphatic carbocycles. The molecule has 0 spiro atoms. The summed E-state index contributed by atoms with van der Waals surface area (Å²) in [7, 11) is 0. The maximum atomic E-state index is 10.3. The zero-order chi connectivity index (χ0) is 17.7. The lowest BCUT2D eigenvalue weighted by Gasteiger charge is -2.12. The molecule has 0 aromatic carbocycles. The molecule has 0 fully saturated rings. The normalized spacial score (nSPS) is 16.6. The maximum Gasteiger partial charge on any atom is 0.217 e. The topological polar surface area (TPSA) is 137 Å². The van der Waals surface area contributed by atoms with Crippen molar-refractivity contribution in [3.05, 3.63) is 31.9 Å². The van der Waals surface area contributed by atoms with E-state index in [1.54, 1.807) is 6.08 Å². The Labute approximate surface area is 133 Å². The monoisotopic (exact) mass is 328 g/mol. The van der Waals surface area contributed by atoms with E-state index in [-0.39, 0.29) is 30.6 Å². The molecule has 0 aromatic rings. The van der Waals surface area contributed by atoms with Crippen LogP contribution in [-0.2, 0) is 14.4 Å². The van der Waals surface area contributed by atoms with Crippen molar-refractivity contribution in [2.24, 2.45) is 0 Å². The SMILES string of the molecule is O=CC1=CCCC([N+](=O)[O-])C1.O=CCCC(CCC=O)[N+](=O)[O-]. The van der Waals surface area contributed by atoms with E-state index in [1.807, 2.05) is 0 Å². The number of nitro groups is 2. The van der Waals surface area contributed by atoms with E-state index in [1.165, 1.54) is 0 Å². The predicted molar refractivity (Wildman–Crippen MR) is 80.2 cm³/mol. The largest absolute Gasteiger partial charge is 0.303 e. The van der Waals surface area contributed by atoms with E-state index in [9.17, 15) is 34.6 Å². The molecular weight excluding hydrogens is 308 g/mol. The molecule has 9 heteroatoms. The molecule has 0 heterocycles. The van der Waals surface area contributed by atoms with Gasteiger partial charge in [0.15, 0.2) is 0 Å². The van der Waals surface area contributed by atoms with Crippen LogP contribution >= 0.6 is 0 Å². The Morgan fingerprint density at radius 3 is 2.09 bits per heavy atom. The van der Waals surface area contributed by atoms with Crippen LogP contribution in [0.3, 0.4) is 0 Å². The first-order valence-electron chi connectivity index (χ1n) is 7.24. The molecule has 1 unspecified atom stereocenters. The van der Waals surface area contributed by atoms with Crippen molar-refractivity contribution in [2.45, 2.75) is 57.0 Å². The molecule has 0 aliphatic heterocycles. The second-order valence-electron chi connectivity index (χ2n) is 5.04. The highest BCUT2D eigenvalue weighted by atomic mass is 16.6. The van der Waals surface area contributed by atoms with Crippen molar-refractivity contribution in [3.8, 4) is 0 Å². The van der Waals surface area contributed by atoms with Gasteiger partial charge in [0.25, 0.3) is 0 Å². The van der Waals surface area contributed by atoms with Gasteiger partial charge in [-0.1, -0.05) is 6.08 Å². The summed E-state index contributed by atoms with van der Waals surface area (Å²) in [5.41, 5.74) is 0.568. The smallest absolute Gasteiger partial charge is 0.217 e. The van der Waals surface area contributed by atoms with E-state index >= 15 is 0 Å². The Bertz CT molecular complexity index is 450. The van der Waals surface area contributed by atoms with Crippen molar-refractivity contribution in [1.29, 1.82) is 0 Å². The van der Waals surface area contributed by atoms with Gasteiger partial charge in [-0.2, -0.15) is 0 Å². The van der Waals surface area contributed by atoms with Gasteiger partial charge in [-0.3, -0.25) is 25.0 Å². The van der Waals surface area contributed by atoms with Gasteiger partial charge in [-0.05, 0) is 12.0 Å². The summed E-state index contributed by atoms with van der Waals surface area (Å²) in [6, 6.07) is -1.29. The fourth-order valence-electron chi connectivity index (χ4n) is 2.07. The Kier molecular flexibility index (Phi) is 10.8. The minimum absolute atomic E-state index is 0.185. The molecule has 0 saturated carbocycles. The molecule has 0 amide bonds. The van der Waals surface area contributed by atoms with Crippen LogP contribution in [0.2, 0.25) is 0 Å². The molecule has 0 bridgehead atoms. The number of hydrogen-bond donors (Lipinski definition) is 0. The van der Waals surface area contributed by atoms with Crippen molar-refractivity contribution in [2.75, 3.05) is 0 Å². The summed E-state index contributed by atoms with van der Waals surface area (Å²) < 4.78 is 0. The number of rotatable bonds is 9. The number of allylic oxidation sites excluding steroid dienone is 1. The first kappa shape index (κ1) is 20.6. The van der Waals surface area contributed by atoms with E-state index in [0.717, 1.165) is 0 Å². The Hall–Kier alpha value is -2.45. The zero-order valence-corrected chi connectivity index (χ0v) is 12.7. The first-order chi connectivity index (χ1) is 11.0. The van der Waals surface area contributed by atoms with E-state index in [4.69, 9.17) is 0 Å². The average Bonchev–Trinajstić information content (AvgIpc) is 2.55. The summed E-state index contributed by atoms with van der Waals surface area (Å²) in [5, 5.41) is 20.6. The summed E-state index contributed by atoms with van der Waals surface area (Å²) in [5.74, 6) is 0. The highest BCUT2D eigenvalue weighted by Crippen LogP contribution is 2.18. The Morgan fingerprint density at radius 2 is 1.70 bits per heavy atom. The number of carbonyl (C=O) groups is 3. The zero-order valence-electron chi connectivity index (χ0n) is 12.7. The van der Waals surface area contributed by atoms with Gasteiger partial charge >= 0.3 is 0 Å². The van der Waals surface area contributed by atoms with Crippen molar-refractivity contribution < 1.29 is 24.2 Å². The number of nitrogens with zero attached hydrogens (tertiary/aromatic N) is 2. The summed E-state index contributed by atoms with van der Waals surface area (Å²) in [6.45, 7) is 0. The van der Waals surface area contributed by atoms with Gasteiger partial charge in [0.1, 0.15) is 18.9 Å². The highest BCUT2D eigenvalue weighted by molar-refractivity contribution is 5.73. The molecule has 9 nitrogen and oxygen atoms in total. The molecule has 1 aliphatic rings. The van der Waals surface area contributed by atoms with Crippen LogP contribution in [0.25, 0.3) is 0 Å². The number of carbonyl (C=O) groups excluding carboxylic acids is 3. The second-order valence-corrected chi connectivity index (χ2v) is 5.04. The molecule has 1 atom stereocenters. The molecule has 0 saturated heterocycles. The van der Waals surface area contributed by atoms with Gasteiger partial charge in [0, 0.05) is 48.4 Å². The van der Waals surface area contributed by atoms with Crippen LogP contribution in [0.15, 0.2) is 11.6 Å². The lowest BCUT2D eigenvalue weighted by atomic mass is 9.96. The second kappa shape index (κ2) is 12.1. The quantitative estimate of drug-likeness (QED) is 0.355. The van der Waals surface area contributed by atoms with Crippen LogP contribution in [0.5, 0.6) is 0 Å². The molecule has 0 N–H and O–H groups in total. The molecule has 1 rings (SSSR count). The third-order valence-electron chi connectivity index (χ3n) is 3.36. The Morgan fingerprint density at radius 1 is 1.13 bits per heavy atom. The van der Waals surface area contributed by atoms with Gasteiger partial charge in [0.2, 0.25) is 12.1 Å². The lowest BCUT2D eigenvalue weighted by Crippen LogP contribution is -2.22. The maximum absolute atomic E-state index is 10.3. The third kappa shape index (κ3) is 9.22. The molecule has 23 heavy (non-hydrogen) atoms. The molecule has 0 aromatic heterocycles. The van der Waals surface area contributed by atoms with Crippen LogP contribution in [0.1, 0.15) is 44.9 Å². The van der Waals surface area contributed by atoms with Crippen molar-refractivity contribution in [3.63, 3.8) is 0 Å². The van der Waals surface area contributed by atoms with E-state index < -0.39 is 17.0 Å². The fraction of sp³-hybridized carbons (Fsp3) is 0.643. The van der Waals surface area contributed by atoms with Crippen LogP contribution in [-0.4, -0.2) is 40.8 Å². The molecule has 128 valence electrons. The number of hydrogen-bond acceptors (Lipinski definition) is 7. The van der Waals surface area contributed by atoms with E-state index in [0.29, 0.717) is 43.7 Å². The summed E-state index contributed by atoms with van der Waals surface area (Å²) >= 11 is 0. The lowest BCUT2D eigenvalue weighted by molar-refractivity contribution is -0.524. The first-order valence-corrected chi connectivity index (χ1v) is 7.24. The van der Waals surface area contributed by atoms with Gasteiger partial charge in [0.05, 0.1) is 0 Å². The number of aldehydes is 3. The van der Waals surface area contributed by atoms with E-state index in [2.05, 4.69) is 0 Å². The van der Waals surface area contributed by atoms with Gasteiger partial charge in [-0.25, -0.2) is 0 Å². The van der Waals surface area contributed by atoms with Crippen LogP contribution in [0.4, 0.5) is 0 Å². The van der Waals surface area contributed by atoms with Gasteiger partial charge < -0.3 is 9.59 Å². The predicted octanol–water partition coefficient (Wildman–Crippen LogP) is 1.53.